The molecule has 0 spiro atoms. The van der Waals surface area contributed by atoms with E-state index in [-0.39, 0.29) is 5.16 Å². The molecule has 1 aromatic carbocycles. The molecule has 1 saturated carbocycles. The van der Waals surface area contributed by atoms with Crippen LogP contribution in [0.1, 0.15) is 51.2 Å². The first-order valence-corrected chi connectivity index (χ1v) is 11.5. The van der Waals surface area contributed by atoms with Crippen molar-refractivity contribution in [1.82, 2.24) is 0 Å². The number of hydrogen-bond acceptors (Lipinski definition) is 1. The van der Waals surface area contributed by atoms with Crippen LogP contribution in [0.3, 0.4) is 0 Å². The Kier molecular flexibility index (Phi) is 5.33. The van der Waals surface area contributed by atoms with E-state index in [0.717, 1.165) is 18.5 Å². The number of nitrogens with one attached hydrogen (secondary N) is 1. The first-order valence-electron chi connectivity index (χ1n) is 8.84. The maximum absolute atomic E-state index is 13.3. The Labute approximate surface area is 136 Å². The van der Waals surface area contributed by atoms with Gasteiger partial charge in [-0.25, -0.2) is 0 Å². The topological polar surface area (TPSA) is 29.1 Å². The van der Waals surface area contributed by atoms with Gasteiger partial charge in [-0.05, 0) is 0 Å². The minimum atomic E-state index is -1.55. The second-order valence-electron chi connectivity index (χ2n) is 7.00. The second-order valence-corrected chi connectivity index (χ2v) is 12.6. The molecule has 1 aromatic rings. The van der Waals surface area contributed by atoms with E-state index in [2.05, 4.69) is 58.1 Å². The summed E-state index contributed by atoms with van der Waals surface area (Å²) >= 11 is 0. The third-order valence-electron chi connectivity index (χ3n) is 6.41. The summed E-state index contributed by atoms with van der Waals surface area (Å²) in [5.41, 5.74) is 3.36. The van der Waals surface area contributed by atoms with Crippen molar-refractivity contribution < 1.29 is 4.79 Å². The van der Waals surface area contributed by atoms with Gasteiger partial charge in [-0.15, -0.1) is 0 Å². The Morgan fingerprint density at radius 1 is 1.09 bits per heavy atom. The summed E-state index contributed by atoms with van der Waals surface area (Å²) < 4.78 is 0. The first-order chi connectivity index (χ1) is 10.5. The summed E-state index contributed by atoms with van der Waals surface area (Å²) in [5, 5.41) is 3.30. The fraction of sp³-hybridized carbons (Fsp3) is 0.632. The predicted molar refractivity (Wildman–Crippen MR) is 101 cm³/mol. The summed E-state index contributed by atoms with van der Waals surface area (Å²) in [6, 6.07) is 6.23. The van der Waals surface area contributed by atoms with Crippen LogP contribution in [-0.4, -0.2) is 29.5 Å². The van der Waals surface area contributed by atoms with Gasteiger partial charge in [-0.1, -0.05) is 0 Å². The molecular formula is C19H32NOP. The molecule has 0 aliphatic heterocycles. The zero-order valence-electron chi connectivity index (χ0n) is 14.9. The molecule has 0 saturated heterocycles. The maximum atomic E-state index is 13.3. The van der Waals surface area contributed by atoms with Crippen LogP contribution in [0.2, 0.25) is 0 Å². The molecule has 0 unspecified atom stereocenters. The zero-order valence-corrected chi connectivity index (χ0v) is 15.9. The molecule has 1 N–H and O–H groups in total. The number of carbonyl (C=O) groups excluding carboxylic acids is 1. The average Bonchev–Trinajstić information content (AvgIpc) is 2.46. The number of anilines is 1. The van der Waals surface area contributed by atoms with E-state index in [9.17, 15) is 4.79 Å². The quantitative estimate of drug-likeness (QED) is 0.736. The average molecular weight is 321 g/mol. The Morgan fingerprint density at radius 3 is 1.95 bits per heavy atom. The van der Waals surface area contributed by atoms with Gasteiger partial charge in [0.15, 0.2) is 0 Å². The van der Waals surface area contributed by atoms with Crippen molar-refractivity contribution in [3.8, 4) is 0 Å². The molecule has 1 fully saturated rings. The predicted octanol–water partition coefficient (Wildman–Crippen LogP) is 4.97. The van der Waals surface area contributed by atoms with Gasteiger partial charge in [0.1, 0.15) is 0 Å². The van der Waals surface area contributed by atoms with Gasteiger partial charge in [0.25, 0.3) is 0 Å². The van der Waals surface area contributed by atoms with Gasteiger partial charge in [0.05, 0.1) is 0 Å². The second kappa shape index (κ2) is 6.71. The van der Waals surface area contributed by atoms with Crippen molar-refractivity contribution in [2.45, 2.75) is 59.0 Å². The molecule has 0 atom stereocenters. The standard InChI is InChI=1S/C19H32NOP/c1-6-22(7-2,8-3)19(13-10-14-19)18(21)20-17-15(4)11-9-12-16(17)5/h9,11-12,22H,6-8,10,13-14H2,1-5H3,(H,20,21). The minimum absolute atomic E-state index is 0.0278. The first kappa shape index (κ1) is 17.5. The van der Waals surface area contributed by atoms with Crippen molar-refractivity contribution in [1.29, 1.82) is 0 Å². The van der Waals surface area contributed by atoms with Crippen LogP contribution < -0.4 is 5.32 Å². The van der Waals surface area contributed by atoms with Crippen molar-refractivity contribution in [3.63, 3.8) is 0 Å². The van der Waals surface area contributed by atoms with Crippen LogP contribution in [-0.2, 0) is 4.79 Å². The Balaban J connectivity index is 2.34. The van der Waals surface area contributed by atoms with Gasteiger partial charge in [-0.2, -0.15) is 0 Å². The van der Waals surface area contributed by atoms with E-state index in [1.807, 2.05) is 0 Å². The number of para-hydroxylation sites is 1. The third-order valence-corrected chi connectivity index (χ3v) is 13.2. The van der Waals surface area contributed by atoms with Gasteiger partial charge in [0, 0.05) is 0 Å². The molecule has 2 nitrogen and oxygen atoms in total. The van der Waals surface area contributed by atoms with E-state index >= 15 is 0 Å². The van der Waals surface area contributed by atoms with Gasteiger partial charge in [-0.3, -0.25) is 0 Å². The number of carbonyl (C=O) groups is 1. The van der Waals surface area contributed by atoms with Crippen LogP contribution in [0, 0.1) is 13.8 Å². The molecule has 1 amide bonds. The van der Waals surface area contributed by atoms with E-state index in [1.54, 1.807) is 0 Å². The third kappa shape index (κ3) is 2.60. The molecule has 0 heterocycles. The van der Waals surface area contributed by atoms with E-state index in [0.29, 0.717) is 5.91 Å². The van der Waals surface area contributed by atoms with Crippen molar-refractivity contribution in [2.24, 2.45) is 0 Å². The summed E-state index contributed by atoms with van der Waals surface area (Å²) in [6.45, 7) is 11.1. The van der Waals surface area contributed by atoms with E-state index < -0.39 is 7.26 Å². The van der Waals surface area contributed by atoms with Crippen molar-refractivity contribution >= 4 is 18.9 Å². The van der Waals surface area contributed by atoms with E-state index in [4.69, 9.17) is 0 Å². The molecule has 1 aliphatic rings. The van der Waals surface area contributed by atoms with Crippen LogP contribution in [0.5, 0.6) is 0 Å². The molecule has 0 bridgehead atoms. The van der Waals surface area contributed by atoms with Gasteiger partial charge >= 0.3 is 136 Å². The normalized spacial score (nSPS) is 17.7. The SMILES string of the molecule is CC[PH](CC)(CC)C1(C(=O)Nc2c(C)cccc2C)CCC1. The fourth-order valence-electron chi connectivity index (χ4n) is 4.54. The van der Waals surface area contributed by atoms with Gasteiger partial charge in [0.2, 0.25) is 0 Å². The fourth-order valence-corrected chi connectivity index (χ4v) is 10.0. The molecule has 1 aliphatic carbocycles. The summed E-state index contributed by atoms with van der Waals surface area (Å²) in [6.07, 6.45) is 7.09. The summed E-state index contributed by atoms with van der Waals surface area (Å²) in [7, 11) is -1.55. The summed E-state index contributed by atoms with van der Waals surface area (Å²) in [4.78, 5) is 13.3. The van der Waals surface area contributed by atoms with Gasteiger partial charge < -0.3 is 0 Å². The molecule has 124 valence electrons. The Bertz CT molecular complexity index is 516. The van der Waals surface area contributed by atoms with Crippen LogP contribution in [0.25, 0.3) is 0 Å². The van der Waals surface area contributed by atoms with Crippen LogP contribution in [0.15, 0.2) is 18.2 Å². The molecule has 0 aromatic heterocycles. The van der Waals surface area contributed by atoms with E-state index in [1.165, 1.54) is 36.0 Å². The number of aryl methyl sites for hydroxylation is 2. The molecule has 3 heteroatoms. The molecule has 2 rings (SSSR count). The van der Waals surface area contributed by atoms with Crippen LogP contribution in [0.4, 0.5) is 5.69 Å². The zero-order chi connectivity index (χ0) is 16.4. The Morgan fingerprint density at radius 2 is 1.59 bits per heavy atom. The number of amides is 1. The molecule has 22 heavy (non-hydrogen) atoms. The number of rotatable bonds is 6. The number of hydrogen-bond donors (Lipinski definition) is 1. The van der Waals surface area contributed by atoms with Crippen LogP contribution >= 0.6 is 7.26 Å². The Hall–Kier alpha value is -0.880. The molecule has 0 radical (unpaired) electrons. The molecular weight excluding hydrogens is 289 g/mol. The summed E-state index contributed by atoms with van der Waals surface area (Å²) in [5.74, 6) is 0.313. The van der Waals surface area contributed by atoms with Crippen molar-refractivity contribution in [2.75, 3.05) is 23.8 Å². The monoisotopic (exact) mass is 321 g/mol. The van der Waals surface area contributed by atoms with Crippen molar-refractivity contribution in [3.05, 3.63) is 29.3 Å². The number of benzene rings is 1.